The molecular formula is C66H78F2N14O18. The average molecular weight is 1390 g/mol. The summed E-state index contributed by atoms with van der Waals surface area (Å²) in [5.41, 5.74) is 8.71. The molecule has 7 rings (SSSR count). The monoisotopic (exact) mass is 1390 g/mol. The molecule has 0 aliphatic carbocycles. The number of aromatic nitrogens is 5. The number of H-pyrrole nitrogens is 1. The number of hydrogen-bond donors (Lipinski definition) is 11. The molecule has 6 aromatic rings. The zero-order valence-corrected chi connectivity index (χ0v) is 54.6. The van der Waals surface area contributed by atoms with Crippen LogP contribution in [-0.4, -0.2) is 197 Å². The first-order valence-corrected chi connectivity index (χ1v) is 31.7. The maximum atomic E-state index is 14.0. The van der Waals surface area contributed by atoms with Crippen molar-refractivity contribution in [2.45, 2.75) is 83.7 Å². The highest BCUT2D eigenvalue weighted by atomic mass is 19.3. The minimum absolute atomic E-state index is 0.00823. The number of carbonyl (C=O) groups is 10. The number of nitrogens with zero attached hydrogens (tertiary/aromatic N) is 5. The van der Waals surface area contributed by atoms with Crippen LogP contribution in [0.2, 0.25) is 0 Å². The molecule has 32 nitrogen and oxygen atoms in total. The number of carboxylic acids is 2. The molecule has 12 N–H and O–H groups in total. The number of nitrogens with one attached hydrogen (secondary N) is 8. The van der Waals surface area contributed by atoms with E-state index in [1.165, 1.54) is 54.7 Å². The number of primary amides is 1. The van der Waals surface area contributed by atoms with Gasteiger partial charge in [0.1, 0.15) is 48.6 Å². The van der Waals surface area contributed by atoms with E-state index in [-0.39, 0.29) is 158 Å². The zero-order valence-electron chi connectivity index (χ0n) is 54.6. The number of pyridine rings is 1. The minimum atomic E-state index is -2.83. The number of imidazole rings is 1. The lowest BCUT2D eigenvalue weighted by atomic mass is 10.0. The molecule has 100 heavy (non-hydrogen) atoms. The van der Waals surface area contributed by atoms with Gasteiger partial charge in [-0.1, -0.05) is 38.1 Å². The van der Waals surface area contributed by atoms with Crippen molar-refractivity contribution < 1.29 is 95.4 Å². The first-order valence-electron chi connectivity index (χ1n) is 31.7. The van der Waals surface area contributed by atoms with Crippen molar-refractivity contribution in [3.05, 3.63) is 126 Å². The number of aromatic carboxylic acids is 1. The van der Waals surface area contributed by atoms with E-state index in [0.717, 1.165) is 4.90 Å². The number of carboxylic acid groups (broad SMARTS) is 2. The number of alkyl halides is 2. The molecule has 0 saturated heterocycles. The van der Waals surface area contributed by atoms with E-state index < -0.39 is 90.3 Å². The van der Waals surface area contributed by atoms with Gasteiger partial charge in [-0.3, -0.25) is 38.5 Å². The molecule has 0 fully saturated rings. The van der Waals surface area contributed by atoms with Crippen LogP contribution in [0.1, 0.15) is 79.8 Å². The number of rotatable bonds is 43. The largest absolute Gasteiger partial charge is 0.481 e. The highest BCUT2D eigenvalue weighted by Gasteiger charge is 2.32. The van der Waals surface area contributed by atoms with Gasteiger partial charge in [-0.05, 0) is 91.4 Å². The van der Waals surface area contributed by atoms with E-state index in [4.69, 9.17) is 39.1 Å². The van der Waals surface area contributed by atoms with Crippen LogP contribution in [0.4, 0.5) is 29.7 Å². The predicted octanol–water partition coefficient (Wildman–Crippen LogP) is 4.38. The number of anilines is 2. The van der Waals surface area contributed by atoms with Gasteiger partial charge in [0.2, 0.25) is 29.5 Å². The van der Waals surface area contributed by atoms with Crippen molar-refractivity contribution in [2.75, 3.05) is 89.7 Å². The zero-order chi connectivity index (χ0) is 71.9. The van der Waals surface area contributed by atoms with Crippen molar-refractivity contribution in [3.8, 4) is 28.5 Å². The maximum absolute atomic E-state index is 14.0. The van der Waals surface area contributed by atoms with E-state index >= 15 is 0 Å². The number of benzene rings is 3. The Bertz CT molecular complexity index is 3810. The number of imide groups is 1. The van der Waals surface area contributed by atoms with Gasteiger partial charge < -0.3 is 86.6 Å². The molecule has 3 aromatic heterocycles. The Morgan fingerprint density at radius 1 is 0.670 bits per heavy atom. The van der Waals surface area contributed by atoms with E-state index in [1.54, 1.807) is 62.4 Å². The van der Waals surface area contributed by atoms with Crippen LogP contribution in [0, 0.1) is 5.92 Å². The van der Waals surface area contributed by atoms with Crippen molar-refractivity contribution in [3.63, 3.8) is 0 Å². The average Bonchev–Trinajstić information content (AvgIpc) is 1.58. The lowest BCUT2D eigenvalue weighted by molar-refractivity contribution is -0.139. The second kappa shape index (κ2) is 39.3. The van der Waals surface area contributed by atoms with Gasteiger partial charge >= 0.3 is 24.1 Å². The number of aliphatic carboxylic acids is 1. The van der Waals surface area contributed by atoms with Gasteiger partial charge in [-0.15, -0.1) is 0 Å². The van der Waals surface area contributed by atoms with Crippen molar-refractivity contribution >= 4 is 81.9 Å². The SMILES string of the molecule is CC(C)[C@H](NC(=O)[C@H](CCC(=O)O)NC(=O)CCOCCOCCOCCOCCN1C(=O)C=CC1=O)C(=O)N[C@@H](CCCNC(N)=O)C(=O)Nc1ccc(COC(=O)NCCOc2cnc3ccc(-c4[nH]c(CNc5ccc(C(=O)O)cc5)nc4-c4cccc(C(F)F)n4)cc3n2)cc1. The van der Waals surface area contributed by atoms with Gasteiger partial charge in [0.25, 0.3) is 18.2 Å². The highest BCUT2D eigenvalue weighted by Crippen LogP contribution is 2.33. The molecule has 9 amide bonds. The number of halogens is 2. The smallest absolute Gasteiger partial charge is 0.407 e. The van der Waals surface area contributed by atoms with Crippen molar-refractivity contribution in [1.82, 2.24) is 56.4 Å². The van der Waals surface area contributed by atoms with Crippen LogP contribution < -0.4 is 47.7 Å². The fourth-order valence-electron chi connectivity index (χ4n) is 9.54. The van der Waals surface area contributed by atoms with E-state index in [9.17, 15) is 66.9 Å². The number of alkyl carbamates (subject to hydrolysis) is 1. The molecule has 34 heteroatoms. The van der Waals surface area contributed by atoms with Gasteiger partial charge in [0, 0.05) is 48.5 Å². The minimum Gasteiger partial charge on any atom is -0.481 e. The number of ether oxygens (including phenoxy) is 6. The Labute approximate surface area is 571 Å². The van der Waals surface area contributed by atoms with Crippen molar-refractivity contribution in [1.29, 1.82) is 0 Å². The lowest BCUT2D eigenvalue weighted by Gasteiger charge is -2.27. The van der Waals surface area contributed by atoms with E-state index in [2.05, 4.69) is 57.2 Å². The normalized spacial score (nSPS) is 12.8. The maximum Gasteiger partial charge on any atom is 0.407 e. The first kappa shape index (κ1) is 76.3. The molecule has 534 valence electrons. The van der Waals surface area contributed by atoms with Crippen LogP contribution in [0.25, 0.3) is 33.7 Å². The summed E-state index contributed by atoms with van der Waals surface area (Å²) in [6, 6.07) is 17.0. The molecule has 0 bridgehead atoms. The molecular weight excluding hydrogens is 1310 g/mol. The number of amides is 9. The molecule has 0 unspecified atom stereocenters. The Kier molecular flexibility index (Phi) is 30.0. The van der Waals surface area contributed by atoms with Crippen LogP contribution in [0.5, 0.6) is 5.88 Å². The number of carbonyl (C=O) groups excluding carboxylic acids is 8. The summed E-state index contributed by atoms with van der Waals surface area (Å²) in [6.45, 7) is 4.72. The van der Waals surface area contributed by atoms with Crippen LogP contribution in [0.15, 0.2) is 103 Å². The van der Waals surface area contributed by atoms with Crippen LogP contribution in [-0.2, 0) is 70.4 Å². The summed E-state index contributed by atoms with van der Waals surface area (Å²) in [5, 5.41) is 37.4. The third-order valence-corrected chi connectivity index (χ3v) is 14.7. The molecule has 0 saturated carbocycles. The summed E-state index contributed by atoms with van der Waals surface area (Å²) in [6.07, 6.45) is -0.687. The Hall–Kier alpha value is -11.1. The third kappa shape index (κ3) is 25.1. The second-order valence-electron chi connectivity index (χ2n) is 22.5. The Balaban J connectivity index is 0.842. The molecule has 0 spiro atoms. The molecule has 0 radical (unpaired) electrons. The number of urea groups is 1. The summed E-state index contributed by atoms with van der Waals surface area (Å²) in [5.74, 6) is -6.09. The summed E-state index contributed by atoms with van der Waals surface area (Å²) < 4.78 is 60.5. The summed E-state index contributed by atoms with van der Waals surface area (Å²) in [7, 11) is 0. The van der Waals surface area contributed by atoms with Gasteiger partial charge in [0.05, 0.1) is 107 Å². The number of aromatic amines is 1. The van der Waals surface area contributed by atoms with Crippen LogP contribution in [0.3, 0.4) is 0 Å². The number of fused-ring (bicyclic) bond motifs is 1. The van der Waals surface area contributed by atoms with Gasteiger partial charge in [-0.2, -0.15) is 0 Å². The van der Waals surface area contributed by atoms with Crippen molar-refractivity contribution in [2.24, 2.45) is 11.7 Å². The Morgan fingerprint density at radius 2 is 1.34 bits per heavy atom. The quantitative estimate of drug-likeness (QED) is 0.0187. The van der Waals surface area contributed by atoms with Crippen LogP contribution >= 0.6 is 0 Å². The second-order valence-corrected chi connectivity index (χ2v) is 22.5. The predicted molar refractivity (Wildman–Crippen MR) is 353 cm³/mol. The van der Waals surface area contributed by atoms with Gasteiger partial charge in [0.15, 0.2) is 0 Å². The standard InChI is InChI=1S/C66H78F2N14O18/c1-39(2)57(81-62(89)49(18-21-56(86)87)76-52(83)22-26-95-29-31-97-33-34-98-32-30-96-28-25-82-54(84)19-20-55(82)85)63(90)78-48(7-4-23-70-65(69)93)61(88)74-44-13-8-40(9-14-44)38-100-66(94)71-24-27-99-53-37-73-45-17-12-42(35-50(45)77-53)58-59(46-5-3-6-47(75-46)60(67)68)80-51(79-58)36-72-43-15-10-41(11-16-43)64(91)92/h3,5-6,8-17,19-20,35,37,39,48-49,57,60,72H,4,7,18,21-34,36,38H2,1-2H3,(H,71,94)(H,74,88)(H,76,83)(H,78,90)(H,79,80)(H,81,89)(H,86,87)(H,91,92)(H3,69,70,93)/t48-,49-,57-/m0/s1. The topological polar surface area (TPSA) is 447 Å². The third-order valence-electron chi connectivity index (χ3n) is 14.7. The highest BCUT2D eigenvalue weighted by molar-refractivity contribution is 6.12. The number of nitrogens with two attached hydrogens (primary N) is 1. The van der Waals surface area contributed by atoms with Gasteiger partial charge in [-0.25, -0.2) is 43.1 Å². The summed E-state index contributed by atoms with van der Waals surface area (Å²) in [4.78, 5) is 147. The summed E-state index contributed by atoms with van der Waals surface area (Å²) >= 11 is 0. The fraction of sp³-hybridized carbons (Fsp3) is 0.394. The number of hydrogen-bond acceptors (Lipinski definition) is 21. The first-order chi connectivity index (χ1) is 48.1. The Morgan fingerprint density at radius 3 is 2.00 bits per heavy atom. The lowest BCUT2D eigenvalue weighted by Crippen LogP contribution is -2.58. The molecule has 4 heterocycles. The van der Waals surface area contributed by atoms with E-state index in [1.807, 2.05) is 0 Å². The molecule has 3 aromatic carbocycles. The molecule has 1 aliphatic heterocycles. The van der Waals surface area contributed by atoms with E-state index in [0.29, 0.717) is 39.4 Å². The molecule has 1 aliphatic rings. The molecule has 3 atom stereocenters. The fourth-order valence-corrected chi connectivity index (χ4v) is 9.54.